The number of ketones is 1. The van der Waals surface area contributed by atoms with Crippen molar-refractivity contribution < 1.29 is 14.3 Å². The van der Waals surface area contributed by atoms with Crippen molar-refractivity contribution in [2.45, 2.75) is 83.7 Å². The molecule has 5 heteroatoms. The number of carbonyl (C=O) groups is 2. The number of hydrogen-bond acceptors (Lipinski definition) is 4. The monoisotopic (exact) mass is 466 g/mol. The molecule has 1 spiro atoms. The minimum atomic E-state index is -0.477. The Hall–Kier alpha value is -1.62. The van der Waals surface area contributed by atoms with E-state index in [0.717, 1.165) is 49.0 Å². The van der Waals surface area contributed by atoms with Crippen LogP contribution in [0, 0.1) is 34.5 Å². The molecule has 4 fully saturated rings. The molecule has 0 radical (unpaired) electrons. The highest BCUT2D eigenvalue weighted by molar-refractivity contribution is 6.42. The molecule has 1 amide bonds. The van der Waals surface area contributed by atoms with E-state index < -0.39 is 11.7 Å². The predicted octanol–water partition coefficient (Wildman–Crippen LogP) is 4.58. The molecule has 6 aliphatic rings. The summed E-state index contributed by atoms with van der Waals surface area (Å²) in [6, 6.07) is 0.855. The van der Waals surface area contributed by atoms with Gasteiger partial charge in [0.1, 0.15) is 0 Å². The van der Waals surface area contributed by atoms with Gasteiger partial charge in [0.15, 0.2) is 5.76 Å². The van der Waals surface area contributed by atoms with Crippen LogP contribution in [0.25, 0.3) is 0 Å². The van der Waals surface area contributed by atoms with Gasteiger partial charge in [-0.1, -0.05) is 18.6 Å². The third kappa shape index (κ3) is 3.07. The Bertz CT molecular complexity index is 955. The van der Waals surface area contributed by atoms with Crippen LogP contribution in [0.4, 0.5) is 0 Å². The third-order valence-electron chi connectivity index (χ3n) is 11.7. The first-order valence-corrected chi connectivity index (χ1v) is 13.8. The van der Waals surface area contributed by atoms with Crippen molar-refractivity contribution in [3.8, 4) is 0 Å². The highest BCUT2D eigenvalue weighted by atomic mass is 16.5. The topological polar surface area (TPSA) is 49.9 Å². The first kappa shape index (κ1) is 22.8. The molecule has 0 aromatic rings. The second kappa shape index (κ2) is 7.94. The number of ether oxygens (including phenoxy) is 1. The van der Waals surface area contributed by atoms with Crippen molar-refractivity contribution in [2.75, 3.05) is 27.2 Å². The van der Waals surface area contributed by atoms with Gasteiger partial charge in [0.25, 0.3) is 11.7 Å². The molecule has 3 saturated carbocycles. The molecule has 0 aromatic carbocycles. The van der Waals surface area contributed by atoms with Crippen LogP contribution in [0.5, 0.6) is 0 Å². The van der Waals surface area contributed by atoms with E-state index in [2.05, 4.69) is 31.9 Å². The van der Waals surface area contributed by atoms with E-state index in [9.17, 15) is 9.59 Å². The number of likely N-dealkylation sites (tertiary alicyclic amines) is 1. The number of fused-ring (bicyclic) bond motifs is 4. The van der Waals surface area contributed by atoms with Gasteiger partial charge >= 0.3 is 0 Å². The molecule has 6 rings (SSSR count). The number of allylic oxidation sites excluding steroid dienone is 1. The van der Waals surface area contributed by atoms with Gasteiger partial charge in [0.2, 0.25) is 0 Å². The van der Waals surface area contributed by atoms with Crippen molar-refractivity contribution in [2.24, 2.45) is 34.5 Å². The smallest absolute Gasteiger partial charge is 0.298 e. The quantitative estimate of drug-likeness (QED) is 0.451. The second-order valence-electron chi connectivity index (χ2n) is 12.7. The van der Waals surface area contributed by atoms with Crippen molar-refractivity contribution in [1.29, 1.82) is 0 Å². The molecule has 34 heavy (non-hydrogen) atoms. The van der Waals surface area contributed by atoms with Gasteiger partial charge in [0.05, 0.1) is 6.61 Å². The summed E-state index contributed by atoms with van der Waals surface area (Å²) in [5.41, 5.74) is 2.40. The van der Waals surface area contributed by atoms with Crippen LogP contribution in [-0.4, -0.2) is 60.8 Å². The SMILES string of the molecule is C[C@H]1[C@H]2CC[C@H]3[C@@H]4CC=C5C[C@@H](N(C)C(=O)C(=O)C6=CCCO6)CC[C@]5(C)C4CC[C@]23CN1C. The lowest BCUT2D eigenvalue weighted by molar-refractivity contribution is -0.145. The van der Waals surface area contributed by atoms with Gasteiger partial charge in [-0.3, -0.25) is 9.59 Å². The van der Waals surface area contributed by atoms with Crippen LogP contribution in [0.15, 0.2) is 23.5 Å². The maximum Gasteiger partial charge on any atom is 0.298 e. The Morgan fingerprint density at radius 1 is 1.09 bits per heavy atom. The van der Waals surface area contributed by atoms with Crippen LogP contribution >= 0.6 is 0 Å². The van der Waals surface area contributed by atoms with E-state index in [1.165, 1.54) is 38.6 Å². The number of amides is 1. The Kier molecular flexibility index (Phi) is 5.33. The summed E-state index contributed by atoms with van der Waals surface area (Å²) in [7, 11) is 4.16. The second-order valence-corrected chi connectivity index (χ2v) is 12.7. The van der Waals surface area contributed by atoms with E-state index in [1.54, 1.807) is 16.5 Å². The van der Waals surface area contributed by atoms with Crippen molar-refractivity contribution in [3.63, 3.8) is 0 Å². The summed E-state index contributed by atoms with van der Waals surface area (Å²) in [5, 5.41) is 0. The van der Waals surface area contributed by atoms with Crippen molar-refractivity contribution in [3.05, 3.63) is 23.5 Å². The average Bonchev–Trinajstić information content (AvgIpc) is 3.54. The van der Waals surface area contributed by atoms with E-state index in [1.807, 2.05) is 7.05 Å². The number of Topliss-reactive ketones (excluding diaryl/α,β-unsaturated/α-hetero) is 1. The molecule has 4 aliphatic carbocycles. The lowest BCUT2D eigenvalue weighted by Crippen LogP contribution is -2.53. The maximum absolute atomic E-state index is 12.9. The summed E-state index contributed by atoms with van der Waals surface area (Å²) in [6.07, 6.45) is 14.9. The number of hydrogen-bond donors (Lipinski definition) is 0. The summed E-state index contributed by atoms with van der Waals surface area (Å²) >= 11 is 0. The van der Waals surface area contributed by atoms with Crippen molar-refractivity contribution >= 4 is 11.7 Å². The fraction of sp³-hybridized carbons (Fsp3) is 0.793. The van der Waals surface area contributed by atoms with Gasteiger partial charge in [-0.2, -0.15) is 0 Å². The highest BCUT2D eigenvalue weighted by Gasteiger charge is 2.64. The molecule has 2 heterocycles. The van der Waals surface area contributed by atoms with Gasteiger partial charge in [-0.05, 0) is 106 Å². The Morgan fingerprint density at radius 3 is 2.65 bits per heavy atom. The van der Waals surface area contributed by atoms with Crippen LogP contribution in [0.1, 0.15) is 71.6 Å². The van der Waals surface area contributed by atoms with Crippen LogP contribution in [0.2, 0.25) is 0 Å². The Morgan fingerprint density at radius 2 is 1.88 bits per heavy atom. The molecule has 0 N–H and O–H groups in total. The number of carbonyl (C=O) groups excluding carboxylic acids is 2. The lowest BCUT2D eigenvalue weighted by atomic mass is 9.47. The van der Waals surface area contributed by atoms with Crippen molar-refractivity contribution in [1.82, 2.24) is 9.80 Å². The van der Waals surface area contributed by atoms with E-state index in [0.29, 0.717) is 18.4 Å². The van der Waals surface area contributed by atoms with Crippen LogP contribution < -0.4 is 0 Å². The molecule has 0 bridgehead atoms. The summed E-state index contributed by atoms with van der Waals surface area (Å²) in [5.74, 6) is 2.75. The van der Waals surface area contributed by atoms with E-state index in [4.69, 9.17) is 4.74 Å². The molecule has 2 aliphatic heterocycles. The largest absolute Gasteiger partial charge is 0.489 e. The lowest BCUT2D eigenvalue weighted by Gasteiger charge is -2.58. The summed E-state index contributed by atoms with van der Waals surface area (Å²) in [4.78, 5) is 29.9. The molecule has 5 nitrogen and oxygen atoms in total. The molecule has 8 atom stereocenters. The molecule has 1 saturated heterocycles. The average molecular weight is 467 g/mol. The van der Waals surface area contributed by atoms with E-state index in [-0.39, 0.29) is 17.2 Å². The number of rotatable bonds is 3. The van der Waals surface area contributed by atoms with Gasteiger partial charge < -0.3 is 14.5 Å². The first-order valence-electron chi connectivity index (χ1n) is 13.8. The molecular weight excluding hydrogens is 424 g/mol. The molecular formula is C29H42N2O3. The summed E-state index contributed by atoms with van der Waals surface area (Å²) in [6.45, 7) is 6.81. The summed E-state index contributed by atoms with van der Waals surface area (Å²) < 4.78 is 5.36. The molecule has 1 unspecified atom stereocenters. The van der Waals surface area contributed by atoms with Crippen LogP contribution in [0.3, 0.4) is 0 Å². The standard InChI is InChI=1S/C29H42N2O3/c1-18-22-9-10-24-21-8-7-19-16-20(31(4)27(33)26(32)25-6-5-15-34-25)11-13-28(19,2)23(21)12-14-29(22,24)17-30(18)3/h6-7,18,20-24H,5,8-17H2,1-4H3/t18-,20-,21+,22+,23?,24-,28-,29-/m0/s1. The first-order chi connectivity index (χ1) is 16.3. The fourth-order valence-corrected chi connectivity index (χ4v) is 9.78. The maximum atomic E-state index is 12.9. The fourth-order valence-electron chi connectivity index (χ4n) is 9.78. The normalized spacial score (nSPS) is 45.3. The van der Waals surface area contributed by atoms with Crippen LogP contribution in [-0.2, 0) is 14.3 Å². The van der Waals surface area contributed by atoms with Gasteiger partial charge in [0, 0.05) is 32.1 Å². The van der Waals surface area contributed by atoms with Gasteiger partial charge in [-0.25, -0.2) is 0 Å². The minimum Gasteiger partial charge on any atom is -0.489 e. The van der Waals surface area contributed by atoms with Gasteiger partial charge in [-0.15, -0.1) is 0 Å². The Labute approximate surface area is 204 Å². The van der Waals surface area contributed by atoms with E-state index >= 15 is 0 Å². The Balaban J connectivity index is 1.20. The molecule has 186 valence electrons. The highest BCUT2D eigenvalue weighted by Crippen LogP contribution is 2.68. The number of likely N-dealkylation sites (N-methyl/N-ethyl adjacent to an activating group) is 1. The zero-order valence-corrected chi connectivity index (χ0v) is 21.5. The minimum absolute atomic E-state index is 0.115. The zero-order chi connectivity index (χ0) is 23.8. The predicted molar refractivity (Wildman–Crippen MR) is 132 cm³/mol. The zero-order valence-electron chi connectivity index (χ0n) is 21.5. The third-order valence-corrected chi connectivity index (χ3v) is 11.7. The number of nitrogens with zero attached hydrogens (tertiary/aromatic N) is 2. The molecule has 0 aromatic heterocycles.